The van der Waals surface area contributed by atoms with Gasteiger partial charge in [-0.25, -0.2) is 4.79 Å². The lowest BCUT2D eigenvalue weighted by Crippen LogP contribution is -2.39. The number of unbranched alkanes of at least 4 members (excludes halogenated alkanes) is 1. The molecule has 1 atom stereocenters. The number of carbonyl (C=O) groups excluding carboxylic acids is 1. The molecule has 0 spiro atoms. The summed E-state index contributed by atoms with van der Waals surface area (Å²) in [7, 11) is 0. The summed E-state index contributed by atoms with van der Waals surface area (Å²) in [6.45, 7) is 0. The Balaban J connectivity index is 2.45. The van der Waals surface area contributed by atoms with Gasteiger partial charge in [0.05, 0.1) is 5.84 Å². The molecule has 0 saturated heterocycles. The fourth-order valence-corrected chi connectivity index (χ4v) is 1.88. The van der Waals surface area contributed by atoms with Crippen molar-refractivity contribution in [2.45, 2.75) is 31.7 Å². The number of aliphatic carboxylic acids is 1. The number of nitrogens with two attached hydrogens (primary N) is 1. The molecule has 118 valence electrons. The molecule has 1 aromatic rings. The van der Waals surface area contributed by atoms with E-state index < -0.39 is 17.9 Å². The van der Waals surface area contributed by atoms with E-state index in [1.54, 1.807) is 6.08 Å². The molecule has 6 heteroatoms. The molecule has 5 N–H and O–H groups in total. The number of amides is 1. The van der Waals surface area contributed by atoms with Gasteiger partial charge in [-0.2, -0.15) is 0 Å². The van der Waals surface area contributed by atoms with E-state index in [9.17, 15) is 9.59 Å². The Morgan fingerprint density at radius 2 is 1.95 bits per heavy atom. The van der Waals surface area contributed by atoms with E-state index in [4.69, 9.17) is 16.2 Å². The van der Waals surface area contributed by atoms with Crippen LogP contribution in [-0.2, 0) is 9.59 Å². The van der Waals surface area contributed by atoms with E-state index in [1.807, 2.05) is 30.3 Å². The lowest BCUT2D eigenvalue weighted by molar-refractivity contribution is -0.141. The van der Waals surface area contributed by atoms with Crippen molar-refractivity contribution in [1.82, 2.24) is 5.32 Å². The largest absolute Gasteiger partial charge is 0.480 e. The van der Waals surface area contributed by atoms with Crippen LogP contribution in [-0.4, -0.2) is 28.9 Å². The van der Waals surface area contributed by atoms with Crippen molar-refractivity contribution in [3.8, 4) is 0 Å². The third-order valence-corrected chi connectivity index (χ3v) is 3.03. The fraction of sp³-hybridized carbons (Fsp3) is 0.312. The minimum Gasteiger partial charge on any atom is -0.480 e. The molecule has 22 heavy (non-hydrogen) atoms. The van der Waals surface area contributed by atoms with Crippen LogP contribution in [0.2, 0.25) is 0 Å². The van der Waals surface area contributed by atoms with Crippen molar-refractivity contribution >= 4 is 23.8 Å². The molecule has 0 aliphatic carbocycles. The molecule has 6 nitrogen and oxygen atoms in total. The summed E-state index contributed by atoms with van der Waals surface area (Å²) in [6, 6.07) is 8.35. The van der Waals surface area contributed by atoms with E-state index in [0.29, 0.717) is 25.7 Å². The highest BCUT2D eigenvalue weighted by atomic mass is 16.4. The minimum atomic E-state index is -1.07. The summed E-state index contributed by atoms with van der Waals surface area (Å²) < 4.78 is 0. The van der Waals surface area contributed by atoms with Crippen molar-refractivity contribution in [2.24, 2.45) is 5.73 Å². The van der Waals surface area contributed by atoms with Crippen molar-refractivity contribution in [3.05, 3.63) is 42.0 Å². The van der Waals surface area contributed by atoms with Crippen molar-refractivity contribution in [1.29, 1.82) is 5.41 Å². The molecule has 0 radical (unpaired) electrons. The van der Waals surface area contributed by atoms with Crippen LogP contribution in [0.25, 0.3) is 6.08 Å². The number of hydrogen-bond acceptors (Lipinski definition) is 3. The molecule has 1 unspecified atom stereocenters. The highest BCUT2D eigenvalue weighted by Crippen LogP contribution is 2.05. The van der Waals surface area contributed by atoms with Gasteiger partial charge in [-0.05, 0) is 24.5 Å². The van der Waals surface area contributed by atoms with Crippen LogP contribution >= 0.6 is 0 Å². The number of carbonyl (C=O) groups is 2. The van der Waals surface area contributed by atoms with Gasteiger partial charge in [-0.1, -0.05) is 36.8 Å². The quantitative estimate of drug-likeness (QED) is 0.241. The highest BCUT2D eigenvalue weighted by molar-refractivity contribution is 5.94. The number of rotatable bonds is 9. The summed E-state index contributed by atoms with van der Waals surface area (Å²) in [6.07, 6.45) is 4.92. The molecule has 0 fully saturated rings. The zero-order valence-electron chi connectivity index (χ0n) is 12.3. The molecular formula is C16H21N3O3. The number of benzene rings is 1. The van der Waals surface area contributed by atoms with E-state index in [2.05, 4.69) is 5.32 Å². The minimum absolute atomic E-state index is 0.0849. The first-order valence-corrected chi connectivity index (χ1v) is 7.08. The molecule has 0 bridgehead atoms. The van der Waals surface area contributed by atoms with Gasteiger partial charge in [0.25, 0.3) is 0 Å². The zero-order chi connectivity index (χ0) is 16.4. The predicted octanol–water partition coefficient (Wildman–Crippen LogP) is 1.77. The standard InChI is InChI=1S/C16H21N3O3/c17-14(18)9-5-4-8-13(16(21)22)19-15(20)11-10-12-6-2-1-3-7-12/h1-3,6-7,10-11,13H,4-5,8-9H2,(H3,17,18)(H,19,20)(H,21,22)/b11-10+. The van der Waals surface area contributed by atoms with Gasteiger partial charge in [-0.3, -0.25) is 10.2 Å². The van der Waals surface area contributed by atoms with Gasteiger partial charge in [-0.15, -0.1) is 0 Å². The number of carboxylic acid groups (broad SMARTS) is 1. The molecule has 0 aliphatic heterocycles. The summed E-state index contributed by atoms with van der Waals surface area (Å²) in [5.41, 5.74) is 6.10. The summed E-state index contributed by atoms with van der Waals surface area (Å²) in [5, 5.41) is 18.7. The predicted molar refractivity (Wildman–Crippen MR) is 85.4 cm³/mol. The van der Waals surface area contributed by atoms with Crippen LogP contribution in [0.1, 0.15) is 31.2 Å². The maximum absolute atomic E-state index is 11.8. The van der Waals surface area contributed by atoms with Gasteiger partial charge in [0.15, 0.2) is 0 Å². The van der Waals surface area contributed by atoms with E-state index >= 15 is 0 Å². The lowest BCUT2D eigenvalue weighted by Gasteiger charge is -2.12. The van der Waals surface area contributed by atoms with E-state index in [1.165, 1.54) is 6.08 Å². The molecule has 0 aliphatic rings. The Kier molecular flexibility index (Phi) is 7.39. The second kappa shape index (κ2) is 9.33. The Hall–Kier alpha value is -2.63. The van der Waals surface area contributed by atoms with Gasteiger partial charge >= 0.3 is 5.97 Å². The maximum Gasteiger partial charge on any atom is 0.326 e. The van der Waals surface area contributed by atoms with Crippen LogP contribution < -0.4 is 11.1 Å². The second-order valence-electron chi connectivity index (χ2n) is 4.91. The molecule has 0 heterocycles. The fourth-order valence-electron chi connectivity index (χ4n) is 1.88. The summed E-state index contributed by atoms with van der Waals surface area (Å²) >= 11 is 0. The normalized spacial score (nSPS) is 12.0. The number of nitrogens with one attached hydrogen (secondary N) is 2. The first kappa shape index (κ1) is 17.4. The smallest absolute Gasteiger partial charge is 0.326 e. The number of hydrogen-bond donors (Lipinski definition) is 4. The van der Waals surface area contributed by atoms with Crippen molar-refractivity contribution < 1.29 is 14.7 Å². The SMILES string of the molecule is N=C(N)CCCCC(NC(=O)/C=C/c1ccccc1)C(=O)O. The molecule has 0 aromatic heterocycles. The first-order valence-electron chi connectivity index (χ1n) is 7.08. The average Bonchev–Trinajstić information content (AvgIpc) is 2.48. The molecule has 1 aromatic carbocycles. The zero-order valence-corrected chi connectivity index (χ0v) is 12.3. The van der Waals surface area contributed by atoms with E-state index in [-0.39, 0.29) is 5.84 Å². The first-order chi connectivity index (χ1) is 10.5. The third kappa shape index (κ3) is 7.23. The Morgan fingerprint density at radius 1 is 1.27 bits per heavy atom. The molecule has 1 rings (SSSR count). The summed E-state index contributed by atoms with van der Waals surface area (Å²) in [5.74, 6) is -1.42. The molecular weight excluding hydrogens is 282 g/mol. The van der Waals surface area contributed by atoms with Gasteiger partial charge < -0.3 is 16.2 Å². The summed E-state index contributed by atoms with van der Waals surface area (Å²) in [4.78, 5) is 22.9. The Bertz CT molecular complexity index is 541. The molecule has 0 saturated carbocycles. The number of carboxylic acids is 1. The Labute approximate surface area is 129 Å². The second-order valence-corrected chi connectivity index (χ2v) is 4.91. The maximum atomic E-state index is 11.8. The molecule has 1 amide bonds. The number of amidine groups is 1. The third-order valence-electron chi connectivity index (χ3n) is 3.03. The topological polar surface area (TPSA) is 116 Å². The monoisotopic (exact) mass is 303 g/mol. The van der Waals surface area contributed by atoms with Crippen molar-refractivity contribution in [3.63, 3.8) is 0 Å². The van der Waals surface area contributed by atoms with Gasteiger partial charge in [0, 0.05) is 12.5 Å². The van der Waals surface area contributed by atoms with Gasteiger partial charge in [0.1, 0.15) is 6.04 Å². The Morgan fingerprint density at radius 3 is 2.55 bits per heavy atom. The van der Waals surface area contributed by atoms with Crippen molar-refractivity contribution in [2.75, 3.05) is 0 Å². The van der Waals surface area contributed by atoms with E-state index in [0.717, 1.165) is 5.56 Å². The van der Waals surface area contributed by atoms with Crippen LogP contribution in [0.3, 0.4) is 0 Å². The average molecular weight is 303 g/mol. The highest BCUT2D eigenvalue weighted by Gasteiger charge is 2.18. The van der Waals surface area contributed by atoms with Crippen LogP contribution in [0.4, 0.5) is 0 Å². The van der Waals surface area contributed by atoms with Gasteiger partial charge in [0.2, 0.25) is 5.91 Å². The van der Waals surface area contributed by atoms with Crippen LogP contribution in [0.15, 0.2) is 36.4 Å². The van der Waals surface area contributed by atoms with Crippen LogP contribution in [0, 0.1) is 5.41 Å². The van der Waals surface area contributed by atoms with Crippen LogP contribution in [0.5, 0.6) is 0 Å². The lowest BCUT2D eigenvalue weighted by atomic mass is 10.1.